The van der Waals surface area contributed by atoms with E-state index in [4.69, 9.17) is 9.97 Å². The Labute approximate surface area is 164 Å². The van der Waals surface area contributed by atoms with Crippen LogP contribution in [0.1, 0.15) is 22.1 Å². The van der Waals surface area contributed by atoms with Crippen LogP contribution in [0.25, 0.3) is 10.2 Å². The van der Waals surface area contributed by atoms with Crippen LogP contribution in [0.15, 0.2) is 45.4 Å². The molecular formula is C18H17N5S3. The molecule has 0 atom stereocenters. The second-order valence-electron chi connectivity index (χ2n) is 5.82. The number of rotatable bonds is 5. The van der Waals surface area contributed by atoms with Gasteiger partial charge in [0.1, 0.15) is 21.5 Å². The van der Waals surface area contributed by atoms with Crippen molar-refractivity contribution < 1.29 is 0 Å². The predicted octanol–water partition coefficient (Wildman–Crippen LogP) is 5.18. The van der Waals surface area contributed by atoms with Crippen molar-refractivity contribution in [3.63, 3.8) is 0 Å². The average molecular weight is 400 g/mol. The highest BCUT2D eigenvalue weighted by Crippen LogP contribution is 2.37. The Bertz CT molecular complexity index is 1060. The molecule has 0 aliphatic heterocycles. The molecule has 5 nitrogen and oxygen atoms in total. The first-order valence-electron chi connectivity index (χ1n) is 8.11. The summed E-state index contributed by atoms with van der Waals surface area (Å²) in [4.78, 5) is 17.6. The van der Waals surface area contributed by atoms with Crippen molar-refractivity contribution in [2.24, 2.45) is 0 Å². The summed E-state index contributed by atoms with van der Waals surface area (Å²) in [6.07, 6.45) is 0. The zero-order valence-corrected chi connectivity index (χ0v) is 17.1. The zero-order chi connectivity index (χ0) is 18.1. The molecule has 0 saturated heterocycles. The second kappa shape index (κ2) is 7.38. The van der Waals surface area contributed by atoms with E-state index >= 15 is 0 Å². The molecule has 4 aromatic rings. The Morgan fingerprint density at radius 3 is 2.58 bits per heavy atom. The van der Waals surface area contributed by atoms with Crippen LogP contribution in [0.3, 0.4) is 0 Å². The number of nitrogens with zero attached hydrogens (tertiary/aromatic N) is 4. The van der Waals surface area contributed by atoms with Gasteiger partial charge in [-0.25, -0.2) is 15.0 Å². The van der Waals surface area contributed by atoms with E-state index in [1.807, 2.05) is 25.1 Å². The number of thiophene rings is 1. The van der Waals surface area contributed by atoms with Crippen molar-refractivity contribution in [1.82, 2.24) is 25.1 Å². The number of aromatic nitrogens is 5. The first kappa shape index (κ1) is 17.5. The van der Waals surface area contributed by atoms with Crippen LogP contribution in [-0.2, 0) is 5.75 Å². The second-order valence-corrected chi connectivity index (χ2v) is 9.02. The van der Waals surface area contributed by atoms with Gasteiger partial charge in [-0.05, 0) is 50.2 Å². The lowest BCUT2D eigenvalue weighted by Gasteiger charge is -2.05. The number of thioether (sulfide) groups is 1. The highest BCUT2D eigenvalue weighted by atomic mass is 32.2. The van der Waals surface area contributed by atoms with Gasteiger partial charge in [0.05, 0.1) is 5.75 Å². The molecule has 0 fully saturated rings. The van der Waals surface area contributed by atoms with Crippen LogP contribution in [-0.4, -0.2) is 25.1 Å². The minimum atomic E-state index is 0.687. The van der Waals surface area contributed by atoms with Gasteiger partial charge in [0, 0.05) is 15.2 Å². The van der Waals surface area contributed by atoms with Gasteiger partial charge in [-0.15, -0.1) is 28.2 Å². The molecule has 0 aliphatic rings. The molecule has 0 saturated carbocycles. The highest BCUT2D eigenvalue weighted by Gasteiger charge is 2.17. The van der Waals surface area contributed by atoms with Gasteiger partial charge in [0.25, 0.3) is 0 Å². The van der Waals surface area contributed by atoms with E-state index < -0.39 is 0 Å². The molecule has 1 aromatic carbocycles. The highest BCUT2D eigenvalue weighted by molar-refractivity contribution is 7.99. The topological polar surface area (TPSA) is 67.3 Å². The van der Waals surface area contributed by atoms with Crippen molar-refractivity contribution >= 4 is 45.1 Å². The van der Waals surface area contributed by atoms with Crippen LogP contribution in [0.5, 0.6) is 0 Å². The zero-order valence-electron chi connectivity index (χ0n) is 14.6. The van der Waals surface area contributed by atoms with E-state index in [1.165, 1.54) is 27.1 Å². The smallest absolute Gasteiger partial charge is 0.214 e. The summed E-state index contributed by atoms with van der Waals surface area (Å²) < 4.78 is 0. The van der Waals surface area contributed by atoms with Gasteiger partial charge in [-0.2, -0.15) is 0 Å². The minimum Gasteiger partial charge on any atom is -0.262 e. The molecule has 0 bridgehead atoms. The van der Waals surface area contributed by atoms with Crippen molar-refractivity contribution in [1.29, 1.82) is 0 Å². The maximum absolute atomic E-state index is 4.84. The summed E-state index contributed by atoms with van der Waals surface area (Å²) in [6, 6.07) is 10.3. The normalized spacial score (nSPS) is 11.3. The lowest BCUT2D eigenvalue weighted by atomic mass is 10.2. The molecule has 0 unspecified atom stereocenters. The van der Waals surface area contributed by atoms with E-state index in [0.29, 0.717) is 5.16 Å². The number of aromatic amines is 1. The Morgan fingerprint density at radius 1 is 1.04 bits per heavy atom. The van der Waals surface area contributed by atoms with E-state index in [1.54, 1.807) is 23.1 Å². The fourth-order valence-corrected chi connectivity index (χ4v) is 5.35. The monoisotopic (exact) mass is 399 g/mol. The lowest BCUT2D eigenvalue weighted by molar-refractivity contribution is 0.955. The molecule has 3 aromatic heterocycles. The van der Waals surface area contributed by atoms with Gasteiger partial charge in [0.2, 0.25) is 5.16 Å². The van der Waals surface area contributed by atoms with Crippen molar-refractivity contribution in [2.45, 2.75) is 41.6 Å². The summed E-state index contributed by atoms with van der Waals surface area (Å²) in [6.45, 7) is 6.16. The maximum Gasteiger partial charge on any atom is 0.214 e. The summed E-state index contributed by atoms with van der Waals surface area (Å²) in [5, 5.41) is 9.87. The standard InChI is InChI=1S/C18H17N5S3/c1-10-11(2)25-16-15(10)17(26-18-19-12(3)22-23-18)21-14(20-16)9-24-13-7-5-4-6-8-13/h4-8H,9H2,1-3H3,(H,19,22,23). The number of hydrogen-bond acceptors (Lipinski definition) is 7. The van der Waals surface area contributed by atoms with Gasteiger partial charge in [-0.1, -0.05) is 18.2 Å². The van der Waals surface area contributed by atoms with Crippen LogP contribution in [0.4, 0.5) is 0 Å². The summed E-state index contributed by atoms with van der Waals surface area (Å²) in [5.74, 6) is 2.37. The number of fused-ring (bicyclic) bond motifs is 1. The quantitative estimate of drug-likeness (QED) is 0.368. The van der Waals surface area contributed by atoms with Crippen molar-refractivity contribution in [2.75, 3.05) is 0 Å². The summed E-state index contributed by atoms with van der Waals surface area (Å²) in [7, 11) is 0. The third-order valence-corrected chi connectivity index (χ3v) is 6.88. The first-order valence-corrected chi connectivity index (χ1v) is 10.7. The minimum absolute atomic E-state index is 0.687. The number of benzene rings is 1. The first-order chi connectivity index (χ1) is 12.6. The summed E-state index contributed by atoms with van der Waals surface area (Å²) >= 11 is 4.96. The SMILES string of the molecule is Cc1nc(Sc2nc(CSc3ccccc3)nc3sc(C)c(C)c23)n[nH]1. The molecule has 8 heteroatoms. The number of hydrogen-bond donors (Lipinski definition) is 1. The number of H-pyrrole nitrogens is 1. The number of aryl methyl sites for hydroxylation is 3. The molecular weight excluding hydrogens is 382 g/mol. The maximum atomic E-state index is 4.84. The Kier molecular flexibility index (Phi) is 4.97. The third-order valence-electron chi connectivity index (χ3n) is 3.92. The predicted molar refractivity (Wildman–Crippen MR) is 108 cm³/mol. The molecule has 132 valence electrons. The van der Waals surface area contributed by atoms with Gasteiger partial charge < -0.3 is 0 Å². The number of nitrogens with one attached hydrogen (secondary N) is 1. The molecule has 0 spiro atoms. The van der Waals surface area contributed by atoms with Gasteiger partial charge in [-0.3, -0.25) is 5.10 Å². The third kappa shape index (κ3) is 3.62. The Hall–Kier alpha value is -1.90. The molecule has 0 radical (unpaired) electrons. The fraction of sp³-hybridized carbons (Fsp3) is 0.222. The van der Waals surface area contributed by atoms with Crippen LogP contribution in [0.2, 0.25) is 0 Å². The Morgan fingerprint density at radius 2 is 1.85 bits per heavy atom. The molecule has 26 heavy (non-hydrogen) atoms. The van der Waals surface area contributed by atoms with Crippen LogP contribution >= 0.6 is 34.9 Å². The molecule has 1 N–H and O–H groups in total. The van der Waals surface area contributed by atoms with Crippen molar-refractivity contribution in [3.8, 4) is 0 Å². The van der Waals surface area contributed by atoms with Gasteiger partial charge >= 0.3 is 0 Å². The van der Waals surface area contributed by atoms with E-state index in [9.17, 15) is 0 Å². The average Bonchev–Trinajstić information content (AvgIpc) is 3.17. The summed E-state index contributed by atoms with van der Waals surface area (Å²) in [5.41, 5.74) is 1.24. The molecule has 0 amide bonds. The molecule has 0 aliphatic carbocycles. The van der Waals surface area contributed by atoms with Crippen LogP contribution in [0, 0.1) is 20.8 Å². The Balaban J connectivity index is 1.70. The lowest BCUT2D eigenvalue weighted by Crippen LogP contribution is -1.96. The molecule has 4 rings (SSSR count). The van der Waals surface area contributed by atoms with Crippen LogP contribution < -0.4 is 0 Å². The van der Waals surface area contributed by atoms with Gasteiger partial charge in [0.15, 0.2) is 0 Å². The molecule has 3 heterocycles. The largest absolute Gasteiger partial charge is 0.262 e. The van der Waals surface area contributed by atoms with E-state index in [0.717, 1.165) is 32.6 Å². The van der Waals surface area contributed by atoms with E-state index in [-0.39, 0.29) is 0 Å². The fourth-order valence-electron chi connectivity index (χ4n) is 2.51. The van der Waals surface area contributed by atoms with Crippen molar-refractivity contribution in [3.05, 3.63) is 52.4 Å². The van der Waals surface area contributed by atoms with E-state index in [2.05, 4.69) is 41.2 Å².